The maximum atomic E-state index is 12.9. The van der Waals surface area contributed by atoms with Crippen molar-refractivity contribution in [2.24, 2.45) is 23.2 Å². The van der Waals surface area contributed by atoms with Crippen LogP contribution in [0.25, 0.3) is 0 Å². The number of carbonyl (C=O) groups is 2. The molecular formula is C35H52O5. The zero-order valence-corrected chi connectivity index (χ0v) is 26.3. The normalized spacial score (nSPS) is 25.6. The molecule has 222 valence electrons. The molecule has 2 aromatic carbocycles. The Kier molecular flexibility index (Phi) is 13.2. The molecule has 0 heterocycles. The highest BCUT2D eigenvalue weighted by Crippen LogP contribution is 2.61. The maximum absolute atomic E-state index is 12.9. The predicted molar refractivity (Wildman–Crippen MR) is 163 cm³/mol. The average molecular weight is 553 g/mol. The van der Waals surface area contributed by atoms with Gasteiger partial charge in [-0.2, -0.15) is 0 Å². The van der Waals surface area contributed by atoms with Crippen molar-refractivity contribution < 1.29 is 23.8 Å². The topological polar surface area (TPSA) is 61.8 Å². The van der Waals surface area contributed by atoms with Crippen LogP contribution in [0.3, 0.4) is 0 Å². The molecule has 0 radical (unpaired) electrons. The van der Waals surface area contributed by atoms with E-state index in [1.807, 2.05) is 45.9 Å². The van der Waals surface area contributed by atoms with Crippen LogP contribution in [0, 0.1) is 23.2 Å². The smallest absolute Gasteiger partial charge is 0.302 e. The lowest BCUT2D eigenvalue weighted by molar-refractivity contribution is -0.140. The van der Waals surface area contributed by atoms with Gasteiger partial charge in [0.05, 0.1) is 13.7 Å². The highest BCUT2D eigenvalue weighted by Gasteiger charge is 2.57. The van der Waals surface area contributed by atoms with E-state index in [1.54, 1.807) is 14.0 Å². The van der Waals surface area contributed by atoms with Gasteiger partial charge in [0.25, 0.3) is 0 Å². The summed E-state index contributed by atoms with van der Waals surface area (Å²) in [5.41, 5.74) is 3.90. The van der Waals surface area contributed by atoms with Gasteiger partial charge in [-0.3, -0.25) is 9.59 Å². The number of ketones is 1. The Bertz CT molecular complexity index is 1080. The van der Waals surface area contributed by atoms with E-state index < -0.39 is 0 Å². The number of fused-ring (bicyclic) bond motifs is 5. The summed E-state index contributed by atoms with van der Waals surface area (Å²) in [4.78, 5) is 22.7. The molecule has 0 N–H and O–H groups in total. The molecule has 5 heteroatoms. The molecule has 3 aliphatic carbocycles. The van der Waals surface area contributed by atoms with Crippen LogP contribution in [0.2, 0.25) is 0 Å². The van der Waals surface area contributed by atoms with Crippen molar-refractivity contribution in [1.82, 2.24) is 0 Å². The second-order valence-corrected chi connectivity index (χ2v) is 10.8. The van der Waals surface area contributed by atoms with Crippen molar-refractivity contribution in [2.45, 2.75) is 100 Å². The molecule has 5 nitrogen and oxygen atoms in total. The van der Waals surface area contributed by atoms with Gasteiger partial charge in [0.1, 0.15) is 12.4 Å². The predicted octanol–water partition coefficient (Wildman–Crippen LogP) is 8.57. The second kappa shape index (κ2) is 15.8. The van der Waals surface area contributed by atoms with E-state index in [1.165, 1.54) is 24.5 Å². The fourth-order valence-electron chi connectivity index (χ4n) is 6.90. The standard InChI is InChI=1S/C27H32O3.C4H8O2.2C2H6/c1-17-13-23-21-10-9-19-14-25(30-16-18-7-5-4-6-8-18)24(29-3)15-22(19)20(21)11-12-27(23,2)26(17)28;1-3-6-4(2)5;2*1-2/h4-8,14-15,17,20-21,23H,9-13,16H2,1-3H3;3H2,1-2H3;2*1-2H3. The first-order valence-corrected chi connectivity index (χ1v) is 15.3. The molecule has 2 fully saturated rings. The van der Waals surface area contributed by atoms with E-state index in [9.17, 15) is 9.59 Å². The third kappa shape index (κ3) is 7.47. The Balaban J connectivity index is 0.000000492. The molecule has 2 aromatic rings. The van der Waals surface area contributed by atoms with Gasteiger partial charge < -0.3 is 14.2 Å². The van der Waals surface area contributed by atoms with E-state index in [-0.39, 0.29) is 17.3 Å². The first-order chi connectivity index (χ1) is 19.3. The number of hydrogen-bond acceptors (Lipinski definition) is 5. The zero-order chi connectivity index (χ0) is 29.9. The van der Waals surface area contributed by atoms with Gasteiger partial charge in [-0.05, 0) is 85.6 Å². The third-order valence-corrected chi connectivity index (χ3v) is 8.60. The number of carbonyl (C=O) groups excluding carboxylic acids is 2. The number of methoxy groups -OCH3 is 1. The summed E-state index contributed by atoms with van der Waals surface area (Å²) < 4.78 is 16.3. The Morgan fingerprint density at radius 3 is 2.27 bits per heavy atom. The maximum Gasteiger partial charge on any atom is 0.302 e. The SMILES string of the molecule is CC.CC.CCOC(C)=O.COc1cc2c(cc1OCc1ccccc1)CCC1C2CCC2(C)C(=O)C(C)CC12. The Hall–Kier alpha value is -2.82. The molecule has 5 unspecified atom stereocenters. The van der Waals surface area contributed by atoms with E-state index in [0.717, 1.165) is 42.7 Å². The number of aryl methyl sites for hydroxylation is 1. The molecular weight excluding hydrogens is 500 g/mol. The summed E-state index contributed by atoms with van der Waals surface area (Å²) in [7, 11) is 1.73. The van der Waals surface area contributed by atoms with Gasteiger partial charge in [0.2, 0.25) is 0 Å². The Morgan fingerprint density at radius 2 is 1.70 bits per heavy atom. The van der Waals surface area contributed by atoms with Gasteiger partial charge in [0, 0.05) is 18.3 Å². The molecule has 0 amide bonds. The minimum absolute atomic E-state index is 0.0963. The van der Waals surface area contributed by atoms with Crippen LogP contribution in [-0.4, -0.2) is 25.5 Å². The molecule has 40 heavy (non-hydrogen) atoms. The molecule has 0 bridgehead atoms. The first kappa shape index (κ1) is 33.4. The van der Waals surface area contributed by atoms with Gasteiger partial charge in [-0.25, -0.2) is 0 Å². The summed E-state index contributed by atoms with van der Waals surface area (Å²) in [6.45, 7) is 16.6. The van der Waals surface area contributed by atoms with E-state index >= 15 is 0 Å². The monoisotopic (exact) mass is 552 g/mol. The van der Waals surface area contributed by atoms with Crippen molar-refractivity contribution in [3.05, 3.63) is 59.2 Å². The number of Topliss-reactive ketones (excluding diaryl/α,β-unsaturated/α-hetero) is 1. The number of hydrogen-bond donors (Lipinski definition) is 0. The number of esters is 1. The lowest BCUT2D eigenvalue weighted by Gasteiger charge is -2.48. The fourth-order valence-corrected chi connectivity index (χ4v) is 6.90. The van der Waals surface area contributed by atoms with E-state index in [0.29, 0.717) is 36.8 Å². The van der Waals surface area contributed by atoms with Gasteiger partial charge in [-0.1, -0.05) is 71.9 Å². The van der Waals surface area contributed by atoms with Crippen LogP contribution < -0.4 is 9.47 Å². The van der Waals surface area contributed by atoms with Gasteiger partial charge in [-0.15, -0.1) is 0 Å². The molecule has 0 aromatic heterocycles. The van der Waals surface area contributed by atoms with Crippen LogP contribution in [0.4, 0.5) is 0 Å². The van der Waals surface area contributed by atoms with Crippen molar-refractivity contribution in [2.75, 3.05) is 13.7 Å². The van der Waals surface area contributed by atoms with Crippen LogP contribution in [0.5, 0.6) is 11.5 Å². The molecule has 0 spiro atoms. The zero-order valence-electron chi connectivity index (χ0n) is 26.3. The van der Waals surface area contributed by atoms with Crippen molar-refractivity contribution in [1.29, 1.82) is 0 Å². The lowest BCUT2D eigenvalue weighted by atomic mass is 9.55. The number of benzene rings is 2. The van der Waals surface area contributed by atoms with Crippen LogP contribution in [0.15, 0.2) is 42.5 Å². The second-order valence-electron chi connectivity index (χ2n) is 10.8. The number of ether oxygens (including phenoxy) is 3. The van der Waals surface area contributed by atoms with Crippen molar-refractivity contribution in [3.8, 4) is 11.5 Å². The highest BCUT2D eigenvalue weighted by atomic mass is 16.5. The first-order valence-electron chi connectivity index (χ1n) is 15.3. The van der Waals surface area contributed by atoms with Crippen LogP contribution >= 0.6 is 0 Å². The summed E-state index contributed by atoms with van der Waals surface area (Å²) in [6.07, 6.45) is 5.45. The largest absolute Gasteiger partial charge is 0.493 e. The minimum Gasteiger partial charge on any atom is -0.493 e. The number of rotatable bonds is 5. The third-order valence-electron chi connectivity index (χ3n) is 8.60. The molecule has 0 aliphatic heterocycles. The summed E-state index contributed by atoms with van der Waals surface area (Å²) in [6, 6.07) is 14.7. The minimum atomic E-state index is -0.211. The average Bonchev–Trinajstić information content (AvgIpc) is 3.22. The Morgan fingerprint density at radius 1 is 1.02 bits per heavy atom. The Labute approximate surface area is 243 Å². The molecule has 5 atom stereocenters. The molecule has 0 saturated heterocycles. The quantitative estimate of drug-likeness (QED) is 0.348. The summed E-state index contributed by atoms with van der Waals surface area (Å²) in [5, 5.41) is 0. The molecule has 5 rings (SSSR count). The molecule has 3 aliphatic rings. The summed E-state index contributed by atoms with van der Waals surface area (Å²) >= 11 is 0. The molecule has 2 saturated carbocycles. The van der Waals surface area contributed by atoms with Gasteiger partial charge >= 0.3 is 5.97 Å². The fraction of sp³-hybridized carbons (Fsp3) is 0.600. The van der Waals surface area contributed by atoms with Gasteiger partial charge in [0.15, 0.2) is 11.5 Å². The highest BCUT2D eigenvalue weighted by molar-refractivity contribution is 5.89. The van der Waals surface area contributed by atoms with E-state index in [4.69, 9.17) is 9.47 Å². The lowest BCUT2D eigenvalue weighted by Crippen LogP contribution is -2.42. The van der Waals surface area contributed by atoms with Crippen LogP contribution in [0.1, 0.15) is 104 Å². The summed E-state index contributed by atoms with van der Waals surface area (Å²) in [5.74, 6) is 3.89. The van der Waals surface area contributed by atoms with Crippen molar-refractivity contribution in [3.63, 3.8) is 0 Å². The van der Waals surface area contributed by atoms with E-state index in [2.05, 4.69) is 42.8 Å². The van der Waals surface area contributed by atoms with Crippen molar-refractivity contribution >= 4 is 11.8 Å². The van der Waals surface area contributed by atoms with Crippen LogP contribution in [-0.2, 0) is 27.4 Å².